The van der Waals surface area contributed by atoms with E-state index in [-0.39, 0.29) is 6.54 Å². The molecule has 0 saturated heterocycles. The van der Waals surface area contributed by atoms with E-state index in [2.05, 4.69) is 26.9 Å². The van der Waals surface area contributed by atoms with Gasteiger partial charge >= 0.3 is 0 Å². The molecular formula is C8H5ClN4. The first-order valence-corrected chi connectivity index (χ1v) is 3.82. The Hall–Kier alpha value is -1.69. The van der Waals surface area contributed by atoms with Gasteiger partial charge in [-0.05, 0) is 17.7 Å². The Morgan fingerprint density at radius 1 is 1.69 bits per heavy atom. The van der Waals surface area contributed by atoms with Crippen LogP contribution >= 0.6 is 11.6 Å². The summed E-state index contributed by atoms with van der Waals surface area (Å²) in [4.78, 5) is 6.40. The second-order valence-corrected chi connectivity index (χ2v) is 2.39. The van der Waals surface area contributed by atoms with Crippen molar-refractivity contribution in [3.8, 4) is 11.8 Å². The van der Waals surface area contributed by atoms with Gasteiger partial charge in [-0.15, -0.1) is 0 Å². The lowest BCUT2D eigenvalue weighted by Crippen LogP contribution is -1.80. The largest absolute Gasteiger partial charge is 0.243 e. The van der Waals surface area contributed by atoms with Crippen LogP contribution in [0.15, 0.2) is 23.4 Å². The van der Waals surface area contributed by atoms with Gasteiger partial charge in [-0.1, -0.05) is 28.6 Å². The molecule has 4 nitrogen and oxygen atoms in total. The van der Waals surface area contributed by atoms with Gasteiger partial charge in [-0.2, -0.15) is 0 Å². The molecule has 0 unspecified atom stereocenters. The van der Waals surface area contributed by atoms with Crippen LogP contribution in [-0.2, 0) is 0 Å². The van der Waals surface area contributed by atoms with Crippen LogP contribution in [0.5, 0.6) is 0 Å². The minimum Gasteiger partial charge on any atom is -0.243 e. The summed E-state index contributed by atoms with van der Waals surface area (Å²) in [7, 11) is 0. The minimum atomic E-state index is 0.141. The molecule has 13 heavy (non-hydrogen) atoms. The van der Waals surface area contributed by atoms with Gasteiger partial charge in [0.2, 0.25) is 0 Å². The number of hydrogen-bond acceptors (Lipinski definition) is 2. The molecular weight excluding hydrogens is 188 g/mol. The Balaban J connectivity index is 2.77. The Bertz CT molecular complexity index is 398. The molecule has 0 aliphatic heterocycles. The lowest BCUT2D eigenvalue weighted by Gasteiger charge is -1.90. The van der Waals surface area contributed by atoms with E-state index in [0.29, 0.717) is 10.7 Å². The van der Waals surface area contributed by atoms with Crippen molar-refractivity contribution in [3.05, 3.63) is 39.5 Å². The minimum absolute atomic E-state index is 0.141. The van der Waals surface area contributed by atoms with Crippen molar-refractivity contribution in [2.75, 3.05) is 6.54 Å². The molecule has 1 heterocycles. The van der Waals surface area contributed by atoms with Gasteiger partial charge in [0.25, 0.3) is 0 Å². The second-order valence-electron chi connectivity index (χ2n) is 2.03. The van der Waals surface area contributed by atoms with Gasteiger partial charge < -0.3 is 0 Å². The normalized spacial score (nSPS) is 8.08. The first kappa shape index (κ1) is 9.40. The molecule has 5 heteroatoms. The number of azide groups is 1. The summed E-state index contributed by atoms with van der Waals surface area (Å²) < 4.78 is 0. The molecule has 0 fully saturated rings. The van der Waals surface area contributed by atoms with Crippen molar-refractivity contribution >= 4 is 11.6 Å². The lowest BCUT2D eigenvalue weighted by molar-refractivity contribution is 1.25. The van der Waals surface area contributed by atoms with Crippen LogP contribution in [0.4, 0.5) is 0 Å². The van der Waals surface area contributed by atoms with E-state index >= 15 is 0 Å². The molecule has 0 radical (unpaired) electrons. The summed E-state index contributed by atoms with van der Waals surface area (Å²) >= 11 is 5.72. The molecule has 0 amide bonds. The first-order chi connectivity index (χ1) is 6.34. The molecule has 1 aromatic heterocycles. The average Bonchev–Trinajstić information content (AvgIpc) is 2.15. The van der Waals surface area contributed by atoms with E-state index in [0.717, 1.165) is 0 Å². The van der Waals surface area contributed by atoms with Crippen LogP contribution in [0, 0.1) is 11.8 Å². The molecule has 0 spiro atoms. The fraction of sp³-hybridized carbons (Fsp3) is 0.125. The van der Waals surface area contributed by atoms with Gasteiger partial charge in [0.1, 0.15) is 5.15 Å². The third-order valence-electron chi connectivity index (χ3n) is 1.20. The van der Waals surface area contributed by atoms with Crippen LogP contribution in [0.3, 0.4) is 0 Å². The number of rotatable bonds is 1. The third-order valence-corrected chi connectivity index (χ3v) is 1.50. The Labute approximate surface area is 80.2 Å². The van der Waals surface area contributed by atoms with Crippen LogP contribution < -0.4 is 0 Å². The standard InChI is InChI=1S/C8H5ClN4/c9-8-7(3-1-5-11-8)4-2-6-12-13-10/h1,3,5H,6H2. The van der Waals surface area contributed by atoms with Crippen molar-refractivity contribution in [1.29, 1.82) is 0 Å². The van der Waals surface area contributed by atoms with Gasteiger partial charge in [0, 0.05) is 11.1 Å². The van der Waals surface area contributed by atoms with Gasteiger partial charge in [0.15, 0.2) is 0 Å². The molecule has 0 aromatic carbocycles. The van der Waals surface area contributed by atoms with Crippen LogP contribution in [0.2, 0.25) is 5.15 Å². The predicted octanol–water partition coefficient (Wildman–Crippen LogP) is 2.40. The molecule has 0 saturated carbocycles. The molecule has 0 N–H and O–H groups in total. The van der Waals surface area contributed by atoms with Crippen LogP contribution in [0.1, 0.15) is 5.56 Å². The summed E-state index contributed by atoms with van der Waals surface area (Å²) in [5.74, 6) is 5.39. The zero-order chi connectivity index (χ0) is 9.52. The molecule has 1 rings (SSSR count). The molecule has 0 bridgehead atoms. The number of aromatic nitrogens is 1. The summed E-state index contributed by atoms with van der Waals surface area (Å²) in [5, 5.41) is 3.62. The molecule has 0 aliphatic rings. The number of hydrogen-bond donors (Lipinski definition) is 0. The van der Waals surface area contributed by atoms with E-state index in [1.807, 2.05) is 0 Å². The average molecular weight is 193 g/mol. The second kappa shape index (κ2) is 5.04. The zero-order valence-corrected chi connectivity index (χ0v) is 7.36. The monoisotopic (exact) mass is 192 g/mol. The highest BCUT2D eigenvalue weighted by Crippen LogP contribution is 2.08. The van der Waals surface area contributed by atoms with Crippen molar-refractivity contribution in [2.24, 2.45) is 5.11 Å². The molecule has 0 aliphatic carbocycles. The first-order valence-electron chi connectivity index (χ1n) is 3.45. The van der Waals surface area contributed by atoms with Crippen molar-refractivity contribution in [3.63, 3.8) is 0 Å². The summed E-state index contributed by atoms with van der Waals surface area (Å²) in [6.45, 7) is 0.141. The Morgan fingerprint density at radius 3 is 3.23 bits per heavy atom. The van der Waals surface area contributed by atoms with E-state index < -0.39 is 0 Å². The maximum Gasteiger partial charge on any atom is 0.144 e. The summed E-state index contributed by atoms with van der Waals surface area (Å²) in [6.07, 6.45) is 1.58. The highest BCUT2D eigenvalue weighted by molar-refractivity contribution is 6.30. The highest BCUT2D eigenvalue weighted by Gasteiger charge is 1.93. The molecule has 0 atom stereocenters. The Morgan fingerprint density at radius 2 is 2.54 bits per heavy atom. The molecule has 1 aromatic rings. The summed E-state index contributed by atoms with van der Waals surface area (Å²) in [5.41, 5.74) is 8.61. The van der Waals surface area contributed by atoms with E-state index in [1.54, 1.807) is 18.3 Å². The van der Waals surface area contributed by atoms with Crippen molar-refractivity contribution in [2.45, 2.75) is 0 Å². The van der Waals surface area contributed by atoms with Crippen molar-refractivity contribution in [1.82, 2.24) is 4.98 Å². The predicted molar refractivity (Wildman–Crippen MR) is 50.1 cm³/mol. The topological polar surface area (TPSA) is 61.7 Å². The smallest absolute Gasteiger partial charge is 0.144 e. The fourth-order valence-electron chi connectivity index (χ4n) is 0.681. The number of halogens is 1. The van der Waals surface area contributed by atoms with E-state index in [9.17, 15) is 0 Å². The number of nitrogens with zero attached hydrogens (tertiary/aromatic N) is 4. The lowest BCUT2D eigenvalue weighted by atomic mass is 10.3. The van der Waals surface area contributed by atoms with Crippen molar-refractivity contribution < 1.29 is 0 Å². The zero-order valence-electron chi connectivity index (χ0n) is 6.61. The maximum atomic E-state index is 7.97. The van der Waals surface area contributed by atoms with Gasteiger partial charge in [-0.25, -0.2) is 4.98 Å². The third kappa shape index (κ3) is 3.04. The Kier molecular flexibility index (Phi) is 3.65. The summed E-state index contributed by atoms with van der Waals surface area (Å²) in [6, 6.07) is 3.49. The van der Waals surface area contributed by atoms with Crippen LogP contribution in [0.25, 0.3) is 10.4 Å². The van der Waals surface area contributed by atoms with E-state index in [4.69, 9.17) is 17.1 Å². The maximum absolute atomic E-state index is 7.97. The number of pyridine rings is 1. The molecule has 64 valence electrons. The highest BCUT2D eigenvalue weighted by atomic mass is 35.5. The van der Waals surface area contributed by atoms with Crippen LogP contribution in [-0.4, -0.2) is 11.5 Å². The SMILES string of the molecule is [N-]=[N+]=NCC#Cc1cccnc1Cl. The fourth-order valence-corrected chi connectivity index (χ4v) is 0.848. The van der Waals surface area contributed by atoms with Gasteiger partial charge in [-0.3, -0.25) is 0 Å². The van der Waals surface area contributed by atoms with E-state index in [1.165, 1.54) is 0 Å². The quantitative estimate of drug-likeness (QED) is 0.222. The van der Waals surface area contributed by atoms with Gasteiger partial charge in [0.05, 0.1) is 12.1 Å².